The monoisotopic (exact) mass is 380 g/mol. The molecule has 1 aromatic heterocycles. The van der Waals surface area contributed by atoms with Crippen LogP contribution < -0.4 is 5.32 Å². The minimum Gasteiger partial charge on any atom is -0.350 e. The largest absolute Gasteiger partial charge is 0.350 e. The Balaban J connectivity index is 1.58. The smallest absolute Gasteiger partial charge is 0.252 e. The molecule has 3 rings (SSSR count). The van der Waals surface area contributed by atoms with Crippen LogP contribution in [0, 0.1) is 0 Å². The zero-order valence-electron chi connectivity index (χ0n) is 13.8. The summed E-state index contributed by atoms with van der Waals surface area (Å²) >= 11 is 9.63. The van der Waals surface area contributed by atoms with Crippen LogP contribution in [0.25, 0.3) is 0 Å². The number of hydrogen-bond acceptors (Lipinski definition) is 4. The van der Waals surface area contributed by atoms with Gasteiger partial charge in [0.15, 0.2) is 0 Å². The van der Waals surface area contributed by atoms with Crippen molar-refractivity contribution >= 4 is 40.6 Å². The maximum absolute atomic E-state index is 12.5. The van der Waals surface area contributed by atoms with Gasteiger partial charge in [-0.1, -0.05) is 11.6 Å². The normalized spacial score (nSPS) is 15.8. The number of fused-ring (bicyclic) bond motifs is 1. The molecule has 0 saturated heterocycles. The second-order valence-electron chi connectivity index (χ2n) is 5.99. The van der Waals surface area contributed by atoms with Crippen molar-refractivity contribution in [3.8, 4) is 0 Å². The van der Waals surface area contributed by atoms with Gasteiger partial charge < -0.3 is 5.32 Å². The maximum atomic E-state index is 12.5. The minimum atomic E-state index is -0.101. The predicted octanol–water partition coefficient (Wildman–Crippen LogP) is 4.30. The molecule has 1 atom stereocenters. The summed E-state index contributed by atoms with van der Waals surface area (Å²) in [5.41, 5.74) is 1.98. The molecule has 24 heavy (non-hydrogen) atoms. The summed E-state index contributed by atoms with van der Waals surface area (Å²) in [6, 6.07) is 8.08. The van der Waals surface area contributed by atoms with Crippen LogP contribution in [0.3, 0.4) is 0 Å². The van der Waals surface area contributed by atoms with Gasteiger partial charge in [-0.25, -0.2) is 0 Å². The lowest BCUT2D eigenvalue weighted by molar-refractivity contribution is 0.0932. The van der Waals surface area contributed by atoms with E-state index in [1.54, 1.807) is 17.8 Å². The lowest BCUT2D eigenvalue weighted by Gasteiger charge is -2.32. The van der Waals surface area contributed by atoms with Crippen LogP contribution in [0.1, 0.15) is 27.7 Å². The summed E-state index contributed by atoms with van der Waals surface area (Å²) in [6.45, 7) is 4.81. The number of hydrogen-bond donors (Lipinski definition) is 1. The molecule has 2 aromatic rings. The highest BCUT2D eigenvalue weighted by Gasteiger charge is 2.22. The van der Waals surface area contributed by atoms with Crippen LogP contribution in [-0.2, 0) is 13.0 Å². The van der Waals surface area contributed by atoms with Crippen molar-refractivity contribution in [2.45, 2.75) is 30.8 Å². The molecule has 0 bridgehead atoms. The van der Waals surface area contributed by atoms with Crippen molar-refractivity contribution in [2.75, 3.05) is 19.3 Å². The number of carbonyl (C=O) groups excluding carboxylic acids is 1. The fourth-order valence-corrected chi connectivity index (χ4v) is 4.45. The molecule has 1 N–H and O–H groups in total. The van der Waals surface area contributed by atoms with Gasteiger partial charge in [0.25, 0.3) is 5.91 Å². The zero-order valence-corrected chi connectivity index (χ0v) is 16.2. The van der Waals surface area contributed by atoms with Crippen molar-refractivity contribution in [1.29, 1.82) is 0 Å². The number of rotatable bonds is 5. The van der Waals surface area contributed by atoms with Gasteiger partial charge in [0.1, 0.15) is 0 Å². The molecule has 0 unspecified atom stereocenters. The van der Waals surface area contributed by atoms with E-state index in [0.29, 0.717) is 23.2 Å². The molecule has 0 aliphatic carbocycles. The van der Waals surface area contributed by atoms with Crippen molar-refractivity contribution < 1.29 is 4.79 Å². The Morgan fingerprint density at radius 1 is 1.46 bits per heavy atom. The summed E-state index contributed by atoms with van der Waals surface area (Å²) in [4.78, 5) is 17.4. The molecule has 1 aliphatic heterocycles. The van der Waals surface area contributed by atoms with Gasteiger partial charge in [-0.15, -0.1) is 23.1 Å². The van der Waals surface area contributed by atoms with Gasteiger partial charge >= 0.3 is 0 Å². The Morgan fingerprint density at radius 2 is 2.29 bits per heavy atom. The van der Waals surface area contributed by atoms with Crippen LogP contribution in [0.5, 0.6) is 0 Å². The SMILES string of the molecule is CSc1ccc(Cl)c(C(=O)NC[C@H](C)N2CCc3sccc3C2)c1. The van der Waals surface area contributed by atoms with Crippen molar-refractivity contribution in [2.24, 2.45) is 0 Å². The second-order valence-corrected chi connectivity index (χ2v) is 8.28. The van der Waals surface area contributed by atoms with Gasteiger partial charge in [0.05, 0.1) is 10.6 Å². The minimum absolute atomic E-state index is 0.101. The van der Waals surface area contributed by atoms with Gasteiger partial charge in [-0.2, -0.15) is 0 Å². The van der Waals surface area contributed by atoms with E-state index in [1.165, 1.54) is 10.4 Å². The van der Waals surface area contributed by atoms with E-state index in [1.807, 2.05) is 29.7 Å². The summed E-state index contributed by atoms with van der Waals surface area (Å²) in [5, 5.41) is 5.70. The number of nitrogens with one attached hydrogen (secondary N) is 1. The number of thiophene rings is 1. The van der Waals surface area contributed by atoms with E-state index >= 15 is 0 Å². The quantitative estimate of drug-likeness (QED) is 0.785. The van der Waals surface area contributed by atoms with E-state index in [4.69, 9.17) is 11.6 Å². The number of nitrogens with zero attached hydrogens (tertiary/aromatic N) is 1. The van der Waals surface area contributed by atoms with E-state index in [0.717, 1.165) is 24.4 Å². The average Bonchev–Trinajstić information content (AvgIpc) is 3.07. The van der Waals surface area contributed by atoms with E-state index in [9.17, 15) is 4.79 Å². The number of thioether (sulfide) groups is 1. The van der Waals surface area contributed by atoms with Crippen LogP contribution in [0.2, 0.25) is 5.02 Å². The second kappa shape index (κ2) is 7.91. The summed E-state index contributed by atoms with van der Waals surface area (Å²) in [5.74, 6) is -0.101. The third-order valence-corrected chi connectivity index (χ3v) is 6.51. The number of halogens is 1. The third kappa shape index (κ3) is 3.97. The third-order valence-electron chi connectivity index (χ3n) is 4.44. The van der Waals surface area contributed by atoms with Gasteiger partial charge in [-0.3, -0.25) is 9.69 Å². The predicted molar refractivity (Wildman–Crippen MR) is 103 cm³/mol. The van der Waals surface area contributed by atoms with Gasteiger partial charge in [-0.05, 0) is 54.8 Å². The molecule has 6 heteroatoms. The highest BCUT2D eigenvalue weighted by Crippen LogP contribution is 2.25. The summed E-state index contributed by atoms with van der Waals surface area (Å²) in [7, 11) is 0. The Bertz CT molecular complexity index is 732. The average molecular weight is 381 g/mol. The highest BCUT2D eigenvalue weighted by atomic mass is 35.5. The molecule has 128 valence electrons. The van der Waals surface area contributed by atoms with Crippen LogP contribution in [-0.4, -0.2) is 36.2 Å². The number of benzene rings is 1. The number of carbonyl (C=O) groups is 1. The molecule has 0 radical (unpaired) electrons. The van der Waals surface area contributed by atoms with Crippen LogP contribution >= 0.6 is 34.7 Å². The molecule has 1 aromatic carbocycles. The Kier molecular flexibility index (Phi) is 5.87. The van der Waals surface area contributed by atoms with Crippen LogP contribution in [0.4, 0.5) is 0 Å². The molecule has 1 aliphatic rings. The summed E-state index contributed by atoms with van der Waals surface area (Å²) < 4.78 is 0. The zero-order chi connectivity index (χ0) is 17.1. The highest BCUT2D eigenvalue weighted by molar-refractivity contribution is 7.98. The fourth-order valence-electron chi connectivity index (χ4n) is 2.92. The standard InChI is InChI=1S/C18H21ClN2OS2/c1-12(21-7-5-17-13(11-21)6-8-24-17)10-20-18(22)15-9-14(23-2)3-4-16(15)19/h3-4,6,8-9,12H,5,7,10-11H2,1-2H3,(H,20,22)/t12-/m0/s1. The van der Waals surface area contributed by atoms with E-state index in [-0.39, 0.29) is 5.91 Å². The Hall–Kier alpha value is -1.01. The molecule has 0 spiro atoms. The van der Waals surface area contributed by atoms with Crippen molar-refractivity contribution in [3.05, 3.63) is 50.7 Å². The molecule has 0 saturated carbocycles. The van der Waals surface area contributed by atoms with Crippen molar-refractivity contribution in [1.82, 2.24) is 10.2 Å². The topological polar surface area (TPSA) is 32.3 Å². The van der Waals surface area contributed by atoms with Gasteiger partial charge in [0.2, 0.25) is 0 Å². The molecular formula is C18H21ClN2OS2. The lowest BCUT2D eigenvalue weighted by atomic mass is 10.1. The Morgan fingerprint density at radius 3 is 3.08 bits per heavy atom. The first-order valence-electron chi connectivity index (χ1n) is 7.99. The molecule has 0 fully saturated rings. The van der Waals surface area contributed by atoms with Crippen LogP contribution in [0.15, 0.2) is 34.5 Å². The molecule has 2 heterocycles. The molecule has 1 amide bonds. The van der Waals surface area contributed by atoms with E-state index in [2.05, 4.69) is 28.6 Å². The molecular weight excluding hydrogens is 360 g/mol. The number of amides is 1. The summed E-state index contributed by atoms with van der Waals surface area (Å²) in [6.07, 6.45) is 3.09. The van der Waals surface area contributed by atoms with E-state index < -0.39 is 0 Å². The first-order chi connectivity index (χ1) is 11.6. The fraction of sp³-hybridized carbons (Fsp3) is 0.389. The van der Waals surface area contributed by atoms with Crippen molar-refractivity contribution in [3.63, 3.8) is 0 Å². The lowest BCUT2D eigenvalue weighted by Crippen LogP contribution is -2.44. The Labute approximate surface area is 156 Å². The molecule has 3 nitrogen and oxygen atoms in total. The van der Waals surface area contributed by atoms with Gasteiger partial charge in [0, 0.05) is 35.4 Å². The first-order valence-corrected chi connectivity index (χ1v) is 10.5. The first kappa shape index (κ1) is 17.8. The maximum Gasteiger partial charge on any atom is 0.252 e.